The number of unbranched alkanes of at least 4 members (excludes halogenated alkanes) is 1. The number of para-hydroxylation sites is 1. The Kier molecular flexibility index (Phi) is 4.15. The van der Waals surface area contributed by atoms with Crippen LogP contribution in [-0.2, 0) is 9.84 Å². The molecule has 0 heterocycles. The molecule has 0 aliphatic carbocycles. The zero-order valence-electron chi connectivity index (χ0n) is 9.16. The molecule has 0 saturated heterocycles. The average molecular weight is 227 g/mol. The van der Waals surface area contributed by atoms with Crippen molar-refractivity contribution in [1.82, 2.24) is 0 Å². The van der Waals surface area contributed by atoms with Crippen molar-refractivity contribution in [3.8, 4) is 0 Å². The number of hydrogen-bond acceptors (Lipinski definition) is 3. The number of nitrogens with one attached hydrogen (secondary N) is 1. The van der Waals surface area contributed by atoms with Gasteiger partial charge < -0.3 is 5.32 Å². The zero-order valence-corrected chi connectivity index (χ0v) is 9.97. The van der Waals surface area contributed by atoms with Crippen LogP contribution in [0.3, 0.4) is 0 Å². The second-order valence-corrected chi connectivity index (χ2v) is 5.50. The molecule has 3 nitrogen and oxygen atoms in total. The Labute approximate surface area is 91.4 Å². The summed E-state index contributed by atoms with van der Waals surface area (Å²) in [5, 5.41) is 2.90. The van der Waals surface area contributed by atoms with Gasteiger partial charge in [-0.05, 0) is 18.6 Å². The van der Waals surface area contributed by atoms with Gasteiger partial charge in [0.1, 0.15) is 0 Å². The predicted octanol–water partition coefficient (Wildman–Crippen LogP) is 2.30. The molecule has 0 fully saturated rings. The smallest absolute Gasteiger partial charge is 0.180 e. The summed E-state index contributed by atoms with van der Waals surface area (Å²) in [4.78, 5) is 0.404. The molecule has 0 unspecified atom stereocenters. The van der Waals surface area contributed by atoms with E-state index >= 15 is 0 Å². The molecule has 1 aromatic rings. The van der Waals surface area contributed by atoms with Crippen LogP contribution in [0.15, 0.2) is 29.2 Å². The maximum atomic E-state index is 11.9. The lowest BCUT2D eigenvalue weighted by atomic mass is 10.3. The number of hydrogen-bond donors (Lipinski definition) is 1. The first kappa shape index (κ1) is 12.0. The molecule has 1 N–H and O–H groups in total. The topological polar surface area (TPSA) is 46.2 Å². The molecular formula is C11H17NO2S. The fraction of sp³-hybridized carbons (Fsp3) is 0.455. The van der Waals surface area contributed by atoms with Gasteiger partial charge >= 0.3 is 0 Å². The Hall–Kier alpha value is -1.03. The Morgan fingerprint density at radius 3 is 2.53 bits per heavy atom. The van der Waals surface area contributed by atoms with Crippen molar-refractivity contribution in [1.29, 1.82) is 0 Å². The molecule has 15 heavy (non-hydrogen) atoms. The van der Waals surface area contributed by atoms with Gasteiger partial charge in [0.2, 0.25) is 0 Å². The minimum atomic E-state index is -3.13. The van der Waals surface area contributed by atoms with Crippen molar-refractivity contribution in [2.45, 2.75) is 24.7 Å². The summed E-state index contributed by atoms with van der Waals surface area (Å²) < 4.78 is 23.9. The van der Waals surface area contributed by atoms with Crippen LogP contribution < -0.4 is 5.32 Å². The average Bonchev–Trinajstić information content (AvgIpc) is 2.26. The van der Waals surface area contributed by atoms with E-state index in [1.54, 1.807) is 25.2 Å². The molecular weight excluding hydrogens is 210 g/mol. The fourth-order valence-electron chi connectivity index (χ4n) is 1.39. The van der Waals surface area contributed by atoms with Crippen LogP contribution in [0.2, 0.25) is 0 Å². The van der Waals surface area contributed by atoms with Crippen LogP contribution >= 0.6 is 0 Å². The molecule has 1 aromatic carbocycles. The number of sulfone groups is 1. The highest BCUT2D eigenvalue weighted by atomic mass is 32.2. The zero-order chi connectivity index (χ0) is 11.3. The number of benzene rings is 1. The minimum Gasteiger partial charge on any atom is -0.387 e. The summed E-state index contributed by atoms with van der Waals surface area (Å²) in [5.41, 5.74) is 0.675. The van der Waals surface area contributed by atoms with Crippen LogP contribution in [0.5, 0.6) is 0 Å². The molecule has 0 amide bonds. The fourth-order valence-corrected chi connectivity index (χ4v) is 3.07. The van der Waals surface area contributed by atoms with E-state index in [2.05, 4.69) is 5.32 Å². The quantitative estimate of drug-likeness (QED) is 0.839. The maximum Gasteiger partial charge on any atom is 0.180 e. The van der Waals surface area contributed by atoms with Crippen molar-refractivity contribution in [3.63, 3.8) is 0 Å². The van der Waals surface area contributed by atoms with Crippen molar-refractivity contribution >= 4 is 15.5 Å². The lowest BCUT2D eigenvalue weighted by molar-refractivity contribution is 0.593. The molecule has 0 radical (unpaired) electrons. The lowest BCUT2D eigenvalue weighted by Gasteiger charge is -2.09. The van der Waals surface area contributed by atoms with E-state index in [4.69, 9.17) is 0 Å². The summed E-state index contributed by atoms with van der Waals surface area (Å²) in [6, 6.07) is 7.00. The van der Waals surface area contributed by atoms with Gasteiger partial charge in [-0.25, -0.2) is 8.42 Å². The Bertz CT molecular complexity index is 412. The molecule has 0 aromatic heterocycles. The second-order valence-electron chi connectivity index (χ2n) is 3.42. The molecule has 0 aliphatic rings. The molecule has 0 saturated carbocycles. The van der Waals surface area contributed by atoms with E-state index in [1.807, 2.05) is 13.0 Å². The van der Waals surface area contributed by atoms with Crippen LogP contribution in [0.25, 0.3) is 0 Å². The molecule has 0 bridgehead atoms. The summed E-state index contributed by atoms with van der Waals surface area (Å²) in [5.74, 6) is 0.224. The monoisotopic (exact) mass is 227 g/mol. The third-order valence-corrected chi connectivity index (χ3v) is 4.11. The third kappa shape index (κ3) is 2.96. The number of anilines is 1. The summed E-state index contributed by atoms with van der Waals surface area (Å²) in [6.07, 6.45) is 1.60. The Balaban J connectivity index is 3.04. The van der Waals surface area contributed by atoms with Gasteiger partial charge in [0.15, 0.2) is 9.84 Å². The Morgan fingerprint density at radius 2 is 1.93 bits per heavy atom. The third-order valence-electron chi connectivity index (χ3n) is 2.26. The maximum absolute atomic E-state index is 11.9. The highest BCUT2D eigenvalue weighted by Gasteiger charge is 2.16. The van der Waals surface area contributed by atoms with E-state index in [1.165, 1.54) is 0 Å². The number of rotatable bonds is 5. The largest absolute Gasteiger partial charge is 0.387 e. The van der Waals surface area contributed by atoms with Crippen molar-refractivity contribution in [3.05, 3.63) is 24.3 Å². The molecule has 84 valence electrons. The van der Waals surface area contributed by atoms with Gasteiger partial charge in [0, 0.05) is 7.05 Å². The van der Waals surface area contributed by atoms with Crippen LogP contribution in [0.4, 0.5) is 5.69 Å². The Morgan fingerprint density at radius 1 is 1.27 bits per heavy atom. The minimum absolute atomic E-state index is 0.224. The summed E-state index contributed by atoms with van der Waals surface area (Å²) >= 11 is 0. The highest BCUT2D eigenvalue weighted by Crippen LogP contribution is 2.22. The normalized spacial score (nSPS) is 11.3. The first-order valence-corrected chi connectivity index (χ1v) is 6.76. The molecule has 0 atom stereocenters. The lowest BCUT2D eigenvalue weighted by Crippen LogP contribution is -2.09. The van der Waals surface area contributed by atoms with Crippen LogP contribution in [-0.4, -0.2) is 21.2 Å². The summed E-state index contributed by atoms with van der Waals surface area (Å²) in [7, 11) is -1.40. The van der Waals surface area contributed by atoms with E-state index in [0.717, 1.165) is 6.42 Å². The molecule has 0 spiro atoms. The van der Waals surface area contributed by atoms with Gasteiger partial charge in [-0.1, -0.05) is 25.5 Å². The van der Waals surface area contributed by atoms with Gasteiger partial charge in [0.05, 0.1) is 16.3 Å². The standard InChI is InChI=1S/C11H17NO2S/c1-3-4-9-15(13,14)11-8-6-5-7-10(11)12-2/h5-8,12H,3-4,9H2,1-2H3. The van der Waals surface area contributed by atoms with E-state index in [-0.39, 0.29) is 5.75 Å². The van der Waals surface area contributed by atoms with E-state index < -0.39 is 9.84 Å². The first-order valence-electron chi connectivity index (χ1n) is 5.11. The van der Waals surface area contributed by atoms with Gasteiger partial charge in [-0.2, -0.15) is 0 Å². The van der Waals surface area contributed by atoms with Gasteiger partial charge in [-0.15, -0.1) is 0 Å². The SMILES string of the molecule is CCCCS(=O)(=O)c1ccccc1NC. The van der Waals surface area contributed by atoms with E-state index in [9.17, 15) is 8.42 Å². The van der Waals surface area contributed by atoms with Crippen molar-refractivity contribution in [2.75, 3.05) is 18.1 Å². The second kappa shape index (κ2) is 5.16. The predicted molar refractivity (Wildman–Crippen MR) is 62.9 cm³/mol. The first-order chi connectivity index (χ1) is 7.11. The highest BCUT2D eigenvalue weighted by molar-refractivity contribution is 7.91. The van der Waals surface area contributed by atoms with E-state index in [0.29, 0.717) is 17.0 Å². The van der Waals surface area contributed by atoms with Gasteiger partial charge in [-0.3, -0.25) is 0 Å². The summed E-state index contributed by atoms with van der Waals surface area (Å²) in [6.45, 7) is 1.99. The van der Waals surface area contributed by atoms with Crippen LogP contribution in [0.1, 0.15) is 19.8 Å². The van der Waals surface area contributed by atoms with Crippen LogP contribution in [0, 0.1) is 0 Å². The van der Waals surface area contributed by atoms with Crippen molar-refractivity contribution in [2.24, 2.45) is 0 Å². The molecule has 1 rings (SSSR count). The molecule has 4 heteroatoms. The van der Waals surface area contributed by atoms with Crippen molar-refractivity contribution < 1.29 is 8.42 Å². The van der Waals surface area contributed by atoms with Gasteiger partial charge in [0.25, 0.3) is 0 Å². The molecule has 0 aliphatic heterocycles.